The number of aromatic nitrogens is 2. The predicted octanol–water partition coefficient (Wildman–Crippen LogP) is 8.90. The van der Waals surface area contributed by atoms with Crippen molar-refractivity contribution in [3.63, 3.8) is 0 Å². The van der Waals surface area contributed by atoms with Crippen molar-refractivity contribution in [3.8, 4) is 16.8 Å². The van der Waals surface area contributed by atoms with Crippen LogP contribution in [0.4, 0.5) is 0 Å². The minimum atomic E-state index is 0.898. The van der Waals surface area contributed by atoms with Crippen molar-refractivity contribution in [1.82, 2.24) is 9.55 Å². The lowest BCUT2D eigenvalue weighted by atomic mass is 9.94. The molecule has 0 spiro atoms. The summed E-state index contributed by atoms with van der Waals surface area (Å²) in [6, 6.07) is 40.5. The Morgan fingerprint density at radius 3 is 2.31 bits per heavy atom. The van der Waals surface area contributed by atoms with E-state index in [1.54, 1.807) is 0 Å². The molecule has 6 aromatic carbocycles. The molecule has 3 heteroatoms. The van der Waals surface area contributed by atoms with E-state index < -0.39 is 0 Å². The van der Waals surface area contributed by atoms with E-state index >= 15 is 0 Å². The van der Waals surface area contributed by atoms with E-state index in [4.69, 9.17) is 9.40 Å². The molecule has 0 saturated carbocycles. The van der Waals surface area contributed by atoms with E-state index in [2.05, 4.69) is 102 Å². The largest absolute Gasteiger partial charge is 0.455 e. The minimum absolute atomic E-state index is 0.898. The molecule has 36 heavy (non-hydrogen) atoms. The first kappa shape index (κ1) is 19.4. The molecule has 3 nitrogen and oxygen atoms in total. The molecule has 0 aliphatic carbocycles. The third kappa shape index (κ3) is 2.71. The smallest absolute Gasteiger partial charge is 0.145 e. The average molecular weight is 461 g/mol. The zero-order chi connectivity index (χ0) is 23.6. The lowest BCUT2D eigenvalue weighted by Gasteiger charge is -2.12. The van der Waals surface area contributed by atoms with Gasteiger partial charge in [0.05, 0.1) is 16.4 Å². The normalized spacial score (nSPS) is 11.9. The number of nitrogens with zero attached hydrogens (tertiary/aromatic N) is 2. The van der Waals surface area contributed by atoms with Crippen LogP contribution in [-0.2, 0) is 0 Å². The lowest BCUT2D eigenvalue weighted by molar-refractivity contribution is 0.673. The molecule has 0 aliphatic rings. The maximum Gasteiger partial charge on any atom is 0.145 e. The zero-order valence-electron chi connectivity index (χ0n) is 19.3. The first-order valence-electron chi connectivity index (χ1n) is 12.1. The fraction of sp³-hybridized carbons (Fsp3) is 0. The summed E-state index contributed by atoms with van der Waals surface area (Å²) in [5, 5.41) is 6.95. The summed E-state index contributed by atoms with van der Waals surface area (Å²) in [7, 11) is 0. The lowest BCUT2D eigenvalue weighted by Crippen LogP contribution is -1.93. The molecule has 0 radical (unpaired) electrons. The molecule has 8 rings (SSSR count). The Kier molecular flexibility index (Phi) is 3.94. The summed E-state index contributed by atoms with van der Waals surface area (Å²) in [5.41, 5.74) is 7.21. The van der Waals surface area contributed by atoms with E-state index in [0.717, 1.165) is 55.0 Å². The maximum atomic E-state index is 6.55. The molecular formula is C33H20N2O. The van der Waals surface area contributed by atoms with Crippen LogP contribution in [0.5, 0.6) is 0 Å². The Morgan fingerprint density at radius 1 is 0.611 bits per heavy atom. The Labute approximate surface area is 206 Å². The minimum Gasteiger partial charge on any atom is -0.455 e. The van der Waals surface area contributed by atoms with Gasteiger partial charge in [0.1, 0.15) is 17.5 Å². The van der Waals surface area contributed by atoms with E-state index in [-0.39, 0.29) is 0 Å². The number of imidazole rings is 1. The number of furan rings is 1. The Bertz CT molecular complexity index is 2100. The monoisotopic (exact) mass is 460 g/mol. The van der Waals surface area contributed by atoms with Gasteiger partial charge in [-0.15, -0.1) is 0 Å². The topological polar surface area (TPSA) is 31.0 Å². The molecule has 8 aromatic rings. The zero-order valence-corrected chi connectivity index (χ0v) is 19.3. The van der Waals surface area contributed by atoms with Crippen molar-refractivity contribution in [2.24, 2.45) is 0 Å². The van der Waals surface area contributed by atoms with E-state index in [1.807, 2.05) is 24.5 Å². The molecule has 0 N–H and O–H groups in total. The Hall–Kier alpha value is -4.89. The number of fused-ring (bicyclic) bond motifs is 8. The van der Waals surface area contributed by atoms with Gasteiger partial charge in [0, 0.05) is 16.5 Å². The summed E-state index contributed by atoms with van der Waals surface area (Å²) in [6.45, 7) is 0. The molecule has 168 valence electrons. The number of benzene rings is 6. The van der Waals surface area contributed by atoms with Crippen LogP contribution in [-0.4, -0.2) is 9.55 Å². The standard InChI is InChI=1S/C33H20N2O/c1-2-10-24(11-3-1)35-20-34-29-19-28(23-15-14-21-8-4-5-9-22(21)18-23)26-16-17-27-25-12-6-7-13-30(25)36-33(27)31(26)32(29)35/h1-20H. The van der Waals surface area contributed by atoms with E-state index in [0.29, 0.717) is 0 Å². The summed E-state index contributed by atoms with van der Waals surface area (Å²) < 4.78 is 8.73. The molecule has 0 fully saturated rings. The summed E-state index contributed by atoms with van der Waals surface area (Å²) in [6.07, 6.45) is 1.92. The molecule has 0 saturated heterocycles. The van der Waals surface area contributed by atoms with Crippen molar-refractivity contribution < 1.29 is 4.42 Å². The van der Waals surface area contributed by atoms with Crippen molar-refractivity contribution in [2.45, 2.75) is 0 Å². The Balaban J connectivity index is 1.56. The number of hydrogen-bond acceptors (Lipinski definition) is 2. The molecule has 0 atom stereocenters. The third-order valence-corrected chi connectivity index (χ3v) is 7.25. The molecule has 0 amide bonds. The predicted molar refractivity (Wildman–Crippen MR) is 149 cm³/mol. The van der Waals surface area contributed by atoms with Crippen LogP contribution >= 0.6 is 0 Å². The average Bonchev–Trinajstić information content (AvgIpc) is 3.54. The van der Waals surface area contributed by atoms with E-state index in [1.165, 1.54) is 16.3 Å². The highest BCUT2D eigenvalue weighted by Gasteiger charge is 2.19. The van der Waals surface area contributed by atoms with E-state index in [9.17, 15) is 0 Å². The van der Waals surface area contributed by atoms with Gasteiger partial charge >= 0.3 is 0 Å². The van der Waals surface area contributed by atoms with Crippen LogP contribution in [0.1, 0.15) is 0 Å². The summed E-state index contributed by atoms with van der Waals surface area (Å²) >= 11 is 0. The van der Waals surface area contributed by atoms with Crippen molar-refractivity contribution >= 4 is 54.5 Å². The van der Waals surface area contributed by atoms with Crippen molar-refractivity contribution in [2.75, 3.05) is 0 Å². The fourth-order valence-electron chi connectivity index (χ4n) is 5.56. The van der Waals surface area contributed by atoms with Crippen molar-refractivity contribution in [3.05, 3.63) is 122 Å². The second-order valence-corrected chi connectivity index (χ2v) is 9.27. The molecule has 0 bridgehead atoms. The number of hydrogen-bond donors (Lipinski definition) is 0. The quantitative estimate of drug-likeness (QED) is 0.258. The summed E-state index contributed by atoms with van der Waals surface area (Å²) in [4.78, 5) is 4.88. The molecular weight excluding hydrogens is 440 g/mol. The third-order valence-electron chi connectivity index (χ3n) is 7.25. The first-order valence-corrected chi connectivity index (χ1v) is 12.1. The van der Waals surface area contributed by atoms with Gasteiger partial charge in [-0.05, 0) is 63.7 Å². The number of para-hydroxylation sites is 2. The number of rotatable bonds is 2. The molecule has 2 heterocycles. The van der Waals surface area contributed by atoms with Gasteiger partial charge < -0.3 is 4.42 Å². The van der Waals surface area contributed by atoms with Crippen molar-refractivity contribution in [1.29, 1.82) is 0 Å². The molecule has 2 aromatic heterocycles. The van der Waals surface area contributed by atoms with Crippen LogP contribution in [0.15, 0.2) is 126 Å². The van der Waals surface area contributed by atoms with Gasteiger partial charge in [-0.2, -0.15) is 0 Å². The van der Waals surface area contributed by atoms with Gasteiger partial charge in [-0.1, -0.05) is 78.9 Å². The van der Waals surface area contributed by atoms with Gasteiger partial charge in [0.15, 0.2) is 0 Å². The van der Waals surface area contributed by atoms with Gasteiger partial charge in [0.25, 0.3) is 0 Å². The van der Waals surface area contributed by atoms with Gasteiger partial charge in [-0.3, -0.25) is 4.57 Å². The van der Waals surface area contributed by atoms with Crippen LogP contribution in [0, 0.1) is 0 Å². The van der Waals surface area contributed by atoms with Gasteiger partial charge in [0.2, 0.25) is 0 Å². The highest BCUT2D eigenvalue weighted by molar-refractivity contribution is 6.25. The molecule has 0 aliphatic heterocycles. The first-order chi connectivity index (χ1) is 17.8. The van der Waals surface area contributed by atoms with Crippen LogP contribution in [0.25, 0.3) is 71.3 Å². The molecule has 0 unspecified atom stereocenters. The highest BCUT2D eigenvalue weighted by Crippen LogP contribution is 2.42. The van der Waals surface area contributed by atoms with Crippen LogP contribution < -0.4 is 0 Å². The fourth-order valence-corrected chi connectivity index (χ4v) is 5.56. The second-order valence-electron chi connectivity index (χ2n) is 9.27. The van der Waals surface area contributed by atoms with Gasteiger partial charge in [-0.25, -0.2) is 4.98 Å². The maximum absolute atomic E-state index is 6.55. The summed E-state index contributed by atoms with van der Waals surface area (Å²) in [5.74, 6) is 0. The second kappa shape index (κ2) is 7.30. The van der Waals surface area contributed by atoms with Crippen LogP contribution in [0.3, 0.4) is 0 Å². The van der Waals surface area contributed by atoms with Crippen LogP contribution in [0.2, 0.25) is 0 Å². The highest BCUT2D eigenvalue weighted by atomic mass is 16.3. The SMILES string of the molecule is c1ccc(-n2cnc3cc(-c4ccc5ccccc5c4)c4ccc5c6ccccc6oc5c4c32)cc1. The Morgan fingerprint density at radius 2 is 1.39 bits per heavy atom.